The largest absolute Gasteiger partial charge is 0.456 e. The van der Waals surface area contributed by atoms with Crippen molar-refractivity contribution in [2.45, 2.75) is 44.9 Å². The van der Waals surface area contributed by atoms with Crippen molar-refractivity contribution in [3.63, 3.8) is 0 Å². The molecule has 5 rings (SSSR count). The molecule has 0 saturated heterocycles. The summed E-state index contributed by atoms with van der Waals surface area (Å²) in [5.74, 6) is 0.561. The molecule has 0 aliphatic heterocycles. The zero-order chi connectivity index (χ0) is 20.0. The summed E-state index contributed by atoms with van der Waals surface area (Å²) in [5, 5.41) is 12.2. The van der Waals surface area contributed by atoms with Crippen molar-refractivity contribution in [3.05, 3.63) is 65.4 Å². The first-order valence-electron chi connectivity index (χ1n) is 10.5. The molecule has 2 heterocycles. The van der Waals surface area contributed by atoms with Gasteiger partial charge in [-0.25, -0.2) is 4.57 Å². The third kappa shape index (κ3) is 2.83. The summed E-state index contributed by atoms with van der Waals surface area (Å²) in [6.45, 7) is 2.07. The molecule has 2 aromatic heterocycles. The van der Waals surface area contributed by atoms with Crippen molar-refractivity contribution in [3.8, 4) is 17.3 Å². The predicted octanol–water partition coefficient (Wildman–Crippen LogP) is 6.31. The fourth-order valence-electron chi connectivity index (χ4n) is 5.07. The number of furan rings is 1. The lowest BCUT2D eigenvalue weighted by Gasteiger charge is -2.21. The summed E-state index contributed by atoms with van der Waals surface area (Å²) in [4.78, 5) is 0. The van der Waals surface area contributed by atoms with Crippen LogP contribution in [-0.2, 0) is 7.05 Å². The second-order valence-corrected chi connectivity index (χ2v) is 8.29. The summed E-state index contributed by atoms with van der Waals surface area (Å²) >= 11 is 0. The first kappa shape index (κ1) is 17.9. The van der Waals surface area contributed by atoms with Gasteiger partial charge in [0.1, 0.15) is 24.3 Å². The fraction of sp³-hybridized carbons (Fsp3) is 0.308. The summed E-state index contributed by atoms with van der Waals surface area (Å²) < 4.78 is 8.50. The maximum atomic E-state index is 10.2. The van der Waals surface area contributed by atoms with Crippen LogP contribution in [0.3, 0.4) is 0 Å². The Hall–Kier alpha value is -3.12. The molecule has 0 atom stereocenters. The Labute approximate surface area is 171 Å². The van der Waals surface area contributed by atoms with Crippen LogP contribution in [0.2, 0.25) is 0 Å². The molecule has 1 aliphatic rings. The van der Waals surface area contributed by atoms with E-state index in [0.29, 0.717) is 11.5 Å². The van der Waals surface area contributed by atoms with E-state index in [1.54, 1.807) is 0 Å². The quantitative estimate of drug-likeness (QED) is 0.382. The Balaban J connectivity index is 1.83. The summed E-state index contributed by atoms with van der Waals surface area (Å²) in [6.07, 6.45) is 8.39. The van der Waals surface area contributed by atoms with E-state index in [-0.39, 0.29) is 0 Å². The standard InChI is InChI=1S/C26H25N2O/c1-17-15-23-25(21(16-27)24(17)22-13-6-7-14-28(22)2)20-12-8-11-19(26(20)29-23)18-9-4-3-5-10-18/h6-8,11-15,18H,3-5,9-10H2,1-2H3/q+1. The number of aryl methyl sites for hydroxylation is 2. The number of benzene rings is 2. The van der Waals surface area contributed by atoms with Gasteiger partial charge < -0.3 is 4.42 Å². The van der Waals surface area contributed by atoms with Gasteiger partial charge >= 0.3 is 0 Å². The first-order valence-corrected chi connectivity index (χ1v) is 10.5. The highest BCUT2D eigenvalue weighted by molar-refractivity contribution is 6.11. The van der Waals surface area contributed by atoms with Crippen LogP contribution in [0.5, 0.6) is 0 Å². The van der Waals surface area contributed by atoms with Crippen molar-refractivity contribution in [2.24, 2.45) is 7.05 Å². The van der Waals surface area contributed by atoms with Gasteiger partial charge in [0.05, 0.1) is 11.1 Å². The Morgan fingerprint density at radius 1 is 1.07 bits per heavy atom. The lowest BCUT2D eigenvalue weighted by Crippen LogP contribution is -2.30. The fourth-order valence-corrected chi connectivity index (χ4v) is 5.07. The van der Waals surface area contributed by atoms with Gasteiger partial charge in [-0.3, -0.25) is 0 Å². The highest BCUT2D eigenvalue weighted by Gasteiger charge is 2.25. The Kier molecular flexibility index (Phi) is 4.36. The van der Waals surface area contributed by atoms with Gasteiger partial charge in [-0.15, -0.1) is 0 Å². The molecule has 0 bridgehead atoms. The van der Waals surface area contributed by atoms with Crippen LogP contribution >= 0.6 is 0 Å². The minimum atomic E-state index is 0.561. The maximum absolute atomic E-state index is 10.2. The summed E-state index contributed by atoms with van der Waals surface area (Å²) in [5.41, 5.74) is 6.91. The number of hydrogen-bond donors (Lipinski definition) is 0. The average molecular weight is 381 g/mol. The van der Waals surface area contributed by atoms with Crippen molar-refractivity contribution in [2.75, 3.05) is 0 Å². The molecule has 0 spiro atoms. The van der Waals surface area contributed by atoms with Crippen LogP contribution in [0.25, 0.3) is 33.2 Å². The van der Waals surface area contributed by atoms with Crippen molar-refractivity contribution >= 4 is 21.9 Å². The van der Waals surface area contributed by atoms with Gasteiger partial charge in [0.25, 0.3) is 0 Å². The van der Waals surface area contributed by atoms with Crippen molar-refractivity contribution in [1.29, 1.82) is 5.26 Å². The number of nitrogens with zero attached hydrogens (tertiary/aromatic N) is 2. The molecule has 1 fully saturated rings. The molecule has 0 unspecified atom stereocenters. The highest BCUT2D eigenvalue weighted by atomic mass is 16.3. The number of fused-ring (bicyclic) bond motifs is 3. The molecule has 0 N–H and O–H groups in total. The second kappa shape index (κ2) is 7.04. The predicted molar refractivity (Wildman–Crippen MR) is 116 cm³/mol. The number of aromatic nitrogens is 1. The monoisotopic (exact) mass is 381 g/mol. The summed E-state index contributed by atoms with van der Waals surface area (Å²) in [6, 6.07) is 17.2. The first-order chi connectivity index (χ1) is 14.2. The highest BCUT2D eigenvalue weighted by Crippen LogP contribution is 2.42. The molecular weight excluding hydrogens is 356 g/mol. The van der Waals surface area contributed by atoms with Gasteiger partial charge in [0.2, 0.25) is 5.69 Å². The topological polar surface area (TPSA) is 40.8 Å². The minimum absolute atomic E-state index is 0.561. The second-order valence-electron chi connectivity index (χ2n) is 8.29. The molecule has 1 saturated carbocycles. The van der Waals surface area contributed by atoms with E-state index in [2.05, 4.69) is 47.9 Å². The van der Waals surface area contributed by atoms with Crippen LogP contribution in [0.1, 0.15) is 54.7 Å². The van der Waals surface area contributed by atoms with Crippen LogP contribution in [0.15, 0.2) is 53.1 Å². The molecule has 0 radical (unpaired) electrons. The molecule has 29 heavy (non-hydrogen) atoms. The summed E-state index contributed by atoms with van der Waals surface area (Å²) in [7, 11) is 2.02. The number of hydrogen-bond acceptors (Lipinski definition) is 2. The maximum Gasteiger partial charge on any atom is 0.213 e. The molecule has 3 heteroatoms. The molecule has 1 aliphatic carbocycles. The zero-order valence-electron chi connectivity index (χ0n) is 17.0. The average Bonchev–Trinajstić information content (AvgIpc) is 3.12. The van der Waals surface area contributed by atoms with Crippen molar-refractivity contribution < 1.29 is 8.98 Å². The van der Waals surface area contributed by atoms with E-state index in [9.17, 15) is 5.26 Å². The Bertz CT molecular complexity index is 1270. The number of pyridine rings is 1. The Morgan fingerprint density at radius 3 is 2.66 bits per heavy atom. The smallest absolute Gasteiger partial charge is 0.213 e. The molecule has 0 amide bonds. The third-order valence-corrected chi connectivity index (χ3v) is 6.48. The molecule has 3 nitrogen and oxygen atoms in total. The number of nitriles is 1. The van der Waals surface area contributed by atoms with E-state index in [0.717, 1.165) is 38.8 Å². The van der Waals surface area contributed by atoms with E-state index < -0.39 is 0 Å². The minimum Gasteiger partial charge on any atom is -0.456 e. The lowest BCUT2D eigenvalue weighted by molar-refractivity contribution is -0.660. The normalized spacial score (nSPS) is 15.1. The van der Waals surface area contributed by atoms with Crippen LogP contribution < -0.4 is 4.57 Å². The molecule has 4 aromatic rings. The van der Waals surface area contributed by atoms with Gasteiger partial charge in [-0.1, -0.05) is 37.5 Å². The number of rotatable bonds is 2. The van der Waals surface area contributed by atoms with Gasteiger partial charge in [0, 0.05) is 22.9 Å². The van der Waals surface area contributed by atoms with Gasteiger partial charge in [-0.05, 0) is 48.9 Å². The van der Waals surface area contributed by atoms with Crippen molar-refractivity contribution in [1.82, 2.24) is 0 Å². The molecule has 144 valence electrons. The zero-order valence-corrected chi connectivity index (χ0v) is 17.0. The van der Waals surface area contributed by atoms with Crippen LogP contribution in [0, 0.1) is 18.3 Å². The van der Waals surface area contributed by atoms with Crippen LogP contribution in [-0.4, -0.2) is 0 Å². The van der Waals surface area contributed by atoms with E-state index in [1.165, 1.54) is 37.7 Å². The van der Waals surface area contributed by atoms with Crippen LogP contribution in [0.4, 0.5) is 0 Å². The molecular formula is C26H25N2O+. The molecule has 2 aromatic carbocycles. The third-order valence-electron chi connectivity index (χ3n) is 6.48. The Morgan fingerprint density at radius 2 is 1.90 bits per heavy atom. The van der Waals surface area contributed by atoms with E-state index in [4.69, 9.17) is 4.42 Å². The van der Waals surface area contributed by atoms with Gasteiger partial charge in [-0.2, -0.15) is 5.26 Å². The van der Waals surface area contributed by atoms with E-state index in [1.807, 2.05) is 25.4 Å². The number of para-hydroxylation sites is 1. The SMILES string of the molecule is Cc1cc2oc3c(C4CCCCC4)cccc3c2c(C#N)c1-c1cccc[n+]1C. The lowest BCUT2D eigenvalue weighted by atomic mass is 9.83. The van der Waals surface area contributed by atoms with E-state index >= 15 is 0 Å². The van der Waals surface area contributed by atoms with Gasteiger partial charge in [0.15, 0.2) is 6.20 Å².